The van der Waals surface area contributed by atoms with Gasteiger partial charge >= 0.3 is 5.97 Å². The first-order valence-electron chi connectivity index (χ1n) is 9.81. The van der Waals surface area contributed by atoms with Crippen LogP contribution in [0.1, 0.15) is 31.0 Å². The smallest absolute Gasteiger partial charge is 0.311 e. The highest BCUT2D eigenvalue weighted by Crippen LogP contribution is 2.18. The average Bonchev–Trinajstić information content (AvgIpc) is 3.41. The molecule has 1 N–H and O–H groups in total. The fraction of sp³-hybridized carbons (Fsp3) is 0.333. The Morgan fingerprint density at radius 3 is 3.07 bits per heavy atom. The summed E-state index contributed by atoms with van der Waals surface area (Å²) in [6.07, 6.45) is 9.40. The zero-order valence-corrected chi connectivity index (χ0v) is 17.7. The van der Waals surface area contributed by atoms with Crippen LogP contribution in [-0.4, -0.2) is 39.9 Å². The lowest BCUT2D eigenvalue weighted by Gasteiger charge is -2.09. The summed E-state index contributed by atoms with van der Waals surface area (Å²) in [5.74, 6) is 0.502. The normalized spacial score (nSPS) is 11.0. The van der Waals surface area contributed by atoms with Gasteiger partial charge < -0.3 is 14.0 Å². The molecule has 3 aromatic rings. The summed E-state index contributed by atoms with van der Waals surface area (Å²) >= 11 is 1.39. The van der Waals surface area contributed by atoms with Gasteiger partial charge in [0.15, 0.2) is 0 Å². The largest absolute Gasteiger partial charge is 0.493 e. The van der Waals surface area contributed by atoms with E-state index in [-0.39, 0.29) is 12.4 Å². The fourth-order valence-electron chi connectivity index (χ4n) is 2.67. The first-order valence-corrected chi connectivity index (χ1v) is 10.7. The molecule has 0 atom stereocenters. The average molecular weight is 428 g/mol. The Morgan fingerprint density at radius 1 is 1.33 bits per heavy atom. The van der Waals surface area contributed by atoms with Gasteiger partial charge in [-0.05, 0) is 31.9 Å². The third-order valence-corrected chi connectivity index (χ3v) is 4.89. The minimum Gasteiger partial charge on any atom is -0.493 e. The number of ether oxygens (including phenoxy) is 2. The molecular formula is C21H25N5O3S. The summed E-state index contributed by atoms with van der Waals surface area (Å²) < 4.78 is 12.9. The molecule has 2 heterocycles. The Morgan fingerprint density at radius 2 is 2.23 bits per heavy atom. The van der Waals surface area contributed by atoms with Crippen molar-refractivity contribution in [3.63, 3.8) is 0 Å². The van der Waals surface area contributed by atoms with E-state index in [1.807, 2.05) is 42.2 Å². The second-order valence-electron chi connectivity index (χ2n) is 6.39. The van der Waals surface area contributed by atoms with Gasteiger partial charge in [-0.15, -0.1) is 11.3 Å². The van der Waals surface area contributed by atoms with E-state index >= 15 is 0 Å². The fourth-order valence-corrected chi connectivity index (χ4v) is 3.33. The molecule has 0 amide bonds. The molecule has 3 rings (SSSR count). The van der Waals surface area contributed by atoms with Crippen molar-refractivity contribution in [1.82, 2.24) is 14.5 Å². The lowest BCUT2D eigenvalue weighted by atomic mass is 10.2. The molecule has 0 fully saturated rings. The van der Waals surface area contributed by atoms with Crippen LogP contribution in [0.25, 0.3) is 0 Å². The van der Waals surface area contributed by atoms with Gasteiger partial charge in [-0.3, -0.25) is 10.2 Å². The highest BCUT2D eigenvalue weighted by molar-refractivity contribution is 7.13. The number of nitrogens with one attached hydrogen (secondary N) is 1. The molecular weight excluding hydrogens is 402 g/mol. The Balaban J connectivity index is 1.45. The number of nitrogens with zero attached hydrogens (tertiary/aromatic N) is 4. The van der Waals surface area contributed by atoms with Gasteiger partial charge in [-0.25, -0.2) is 9.97 Å². The van der Waals surface area contributed by atoms with Crippen molar-refractivity contribution in [3.8, 4) is 5.75 Å². The van der Waals surface area contributed by atoms with Gasteiger partial charge in [-0.2, -0.15) is 5.10 Å². The highest BCUT2D eigenvalue weighted by atomic mass is 32.1. The maximum atomic E-state index is 11.5. The van der Waals surface area contributed by atoms with Crippen LogP contribution in [0.15, 0.2) is 53.5 Å². The van der Waals surface area contributed by atoms with E-state index in [1.54, 1.807) is 19.3 Å². The topological polar surface area (TPSA) is 90.6 Å². The number of para-hydroxylation sites is 1. The predicted molar refractivity (Wildman–Crippen MR) is 117 cm³/mol. The number of esters is 1. The number of hydrogen-bond donors (Lipinski definition) is 1. The first kappa shape index (κ1) is 21.5. The summed E-state index contributed by atoms with van der Waals surface area (Å²) in [7, 11) is 0. The maximum Gasteiger partial charge on any atom is 0.311 e. The molecule has 0 saturated heterocycles. The first-order chi connectivity index (χ1) is 14.7. The number of carbonyl (C=O) groups is 1. The molecule has 9 heteroatoms. The molecule has 0 bridgehead atoms. The van der Waals surface area contributed by atoms with E-state index in [0.29, 0.717) is 24.0 Å². The molecule has 0 aliphatic heterocycles. The number of benzene rings is 1. The summed E-state index contributed by atoms with van der Waals surface area (Å²) in [5.41, 5.74) is 4.44. The van der Waals surface area contributed by atoms with Crippen LogP contribution < -0.4 is 10.2 Å². The predicted octanol–water partition coefficient (Wildman–Crippen LogP) is 3.75. The number of aryl methyl sites for hydroxylation is 1. The summed E-state index contributed by atoms with van der Waals surface area (Å²) in [6.45, 7) is 3.72. The van der Waals surface area contributed by atoms with Crippen molar-refractivity contribution >= 4 is 28.7 Å². The summed E-state index contributed by atoms with van der Waals surface area (Å²) in [4.78, 5) is 19.9. The molecule has 8 nitrogen and oxygen atoms in total. The minimum atomic E-state index is -0.283. The molecule has 0 radical (unpaired) electrons. The van der Waals surface area contributed by atoms with Gasteiger partial charge in [0.1, 0.15) is 5.75 Å². The number of aromatic nitrogens is 3. The van der Waals surface area contributed by atoms with Crippen molar-refractivity contribution in [1.29, 1.82) is 0 Å². The van der Waals surface area contributed by atoms with Gasteiger partial charge in [0, 0.05) is 29.9 Å². The van der Waals surface area contributed by atoms with E-state index < -0.39 is 0 Å². The number of rotatable bonds is 12. The van der Waals surface area contributed by atoms with Crippen LogP contribution in [0.4, 0.5) is 5.13 Å². The Bertz CT molecular complexity index is 940. The lowest BCUT2D eigenvalue weighted by Crippen LogP contribution is -2.07. The van der Waals surface area contributed by atoms with Gasteiger partial charge in [-0.1, -0.05) is 12.1 Å². The van der Waals surface area contributed by atoms with Crippen LogP contribution >= 0.6 is 11.3 Å². The third kappa shape index (κ3) is 7.00. The molecule has 2 aromatic heterocycles. The van der Waals surface area contributed by atoms with Crippen molar-refractivity contribution in [2.75, 3.05) is 18.6 Å². The Labute approximate surface area is 179 Å². The van der Waals surface area contributed by atoms with Crippen LogP contribution in [0.2, 0.25) is 0 Å². The zero-order valence-electron chi connectivity index (χ0n) is 16.9. The van der Waals surface area contributed by atoms with Crippen molar-refractivity contribution in [3.05, 3.63) is 59.6 Å². The molecule has 0 aliphatic rings. The van der Waals surface area contributed by atoms with E-state index in [4.69, 9.17) is 9.47 Å². The lowest BCUT2D eigenvalue weighted by molar-refractivity contribution is -0.142. The summed E-state index contributed by atoms with van der Waals surface area (Å²) in [6, 6.07) is 7.75. The standard InChI is InChI=1S/C21H25N5O3S/c1-2-28-20(27)13-18-15-30-21(24-18)25-23-14-17-7-3-4-8-19(17)29-12-6-5-10-26-11-9-22-16-26/h3-4,7-9,11,14-16H,2,5-6,10,12-13H2,1H3,(H,24,25). The molecule has 0 spiro atoms. The highest BCUT2D eigenvalue weighted by Gasteiger charge is 2.08. The SMILES string of the molecule is CCOC(=O)Cc1csc(NN=Cc2ccccc2OCCCCn2ccnc2)n1. The zero-order chi connectivity index (χ0) is 21.0. The monoisotopic (exact) mass is 427 g/mol. The van der Waals surface area contributed by atoms with Crippen molar-refractivity contribution in [2.24, 2.45) is 5.10 Å². The third-order valence-electron chi connectivity index (χ3n) is 4.09. The molecule has 0 aliphatic carbocycles. The quantitative estimate of drug-likeness (QED) is 0.205. The van der Waals surface area contributed by atoms with Crippen LogP contribution in [0, 0.1) is 0 Å². The molecule has 0 unspecified atom stereocenters. The summed E-state index contributed by atoms with van der Waals surface area (Å²) in [5, 5.41) is 6.68. The second-order valence-corrected chi connectivity index (χ2v) is 7.25. The number of hydrogen-bond acceptors (Lipinski definition) is 8. The second kappa shape index (κ2) is 11.7. The maximum absolute atomic E-state index is 11.5. The van der Waals surface area contributed by atoms with Crippen LogP contribution in [0.3, 0.4) is 0 Å². The number of unbranched alkanes of at least 4 members (excludes halogenated alkanes) is 1. The van der Waals surface area contributed by atoms with Gasteiger partial charge in [0.2, 0.25) is 5.13 Å². The number of hydrazone groups is 1. The Kier molecular flexibility index (Phi) is 8.40. The van der Waals surface area contributed by atoms with Gasteiger partial charge in [0.05, 0.1) is 37.9 Å². The molecule has 158 valence electrons. The minimum absolute atomic E-state index is 0.160. The van der Waals surface area contributed by atoms with E-state index in [0.717, 1.165) is 30.7 Å². The van der Waals surface area contributed by atoms with E-state index in [9.17, 15) is 4.79 Å². The van der Waals surface area contributed by atoms with Crippen molar-refractivity contribution in [2.45, 2.75) is 32.7 Å². The molecule has 30 heavy (non-hydrogen) atoms. The number of thiazole rings is 1. The van der Waals surface area contributed by atoms with Crippen molar-refractivity contribution < 1.29 is 14.3 Å². The van der Waals surface area contributed by atoms with Gasteiger partial charge in [0.25, 0.3) is 0 Å². The van der Waals surface area contributed by atoms with Crippen LogP contribution in [0.5, 0.6) is 5.75 Å². The Hall–Kier alpha value is -3.20. The van der Waals surface area contributed by atoms with E-state index in [2.05, 4.69) is 25.1 Å². The molecule has 1 aromatic carbocycles. The number of imidazole rings is 1. The molecule has 0 saturated carbocycles. The number of carbonyl (C=O) groups excluding carboxylic acids is 1. The van der Waals surface area contributed by atoms with Crippen LogP contribution in [-0.2, 0) is 22.5 Å². The number of anilines is 1. The van der Waals surface area contributed by atoms with E-state index in [1.165, 1.54) is 11.3 Å².